The van der Waals surface area contributed by atoms with E-state index in [1.54, 1.807) is 19.5 Å². The second-order valence-electron chi connectivity index (χ2n) is 3.71. The lowest BCUT2D eigenvalue weighted by atomic mass is 11.2. The number of nitrogens with zero attached hydrogens (tertiary/aromatic N) is 8. The van der Waals surface area contributed by atoms with Gasteiger partial charge in [-0.25, -0.2) is 9.36 Å². The summed E-state index contributed by atoms with van der Waals surface area (Å²) in [5.74, 6) is 0. The van der Waals surface area contributed by atoms with Crippen molar-refractivity contribution >= 4 is 31.1 Å². The topological polar surface area (TPSA) is 123 Å². The summed E-state index contributed by atoms with van der Waals surface area (Å²) in [5.41, 5.74) is 0. The molecule has 22 heavy (non-hydrogen) atoms. The number of hydrogen-bond acceptors (Lipinski definition) is 11. The Balaban J connectivity index is 2.31. The molecule has 0 aliphatic heterocycles. The van der Waals surface area contributed by atoms with Gasteiger partial charge in [-0.15, -0.1) is 10.2 Å². The summed E-state index contributed by atoms with van der Waals surface area (Å²) in [6.45, 7) is 0. The van der Waals surface area contributed by atoms with E-state index in [9.17, 15) is 4.57 Å². The van der Waals surface area contributed by atoms with E-state index in [1.165, 1.54) is 35.3 Å². The molecule has 2 heterocycles. The highest BCUT2D eigenvalue weighted by Gasteiger charge is 2.30. The summed E-state index contributed by atoms with van der Waals surface area (Å²) in [7, 11) is 2.51. The van der Waals surface area contributed by atoms with Crippen LogP contribution in [0.25, 0.3) is 0 Å². The van der Waals surface area contributed by atoms with Gasteiger partial charge in [-0.1, -0.05) is 11.8 Å². The standard InChI is InChI=1S/C8H13N8O3PS2/c1-15-7(9-11-13-15)21-5-6(20(17,18-3)19-4)22-8-10-12-14-16(8)2/h5H,1-4H3/b6-5-. The van der Waals surface area contributed by atoms with Crippen LogP contribution in [0.5, 0.6) is 0 Å². The van der Waals surface area contributed by atoms with Gasteiger partial charge in [0.15, 0.2) is 0 Å². The van der Waals surface area contributed by atoms with E-state index in [4.69, 9.17) is 9.05 Å². The zero-order valence-corrected chi connectivity index (χ0v) is 14.7. The minimum absolute atomic E-state index is 0.323. The molecule has 0 spiro atoms. The van der Waals surface area contributed by atoms with E-state index < -0.39 is 7.60 Å². The molecular weight excluding hydrogens is 351 g/mol. The van der Waals surface area contributed by atoms with Crippen LogP contribution in [-0.2, 0) is 27.7 Å². The Bertz CT molecular complexity index is 708. The molecule has 0 aliphatic carbocycles. The zero-order chi connectivity index (χ0) is 16.2. The lowest BCUT2D eigenvalue weighted by molar-refractivity contribution is 0.285. The van der Waals surface area contributed by atoms with Gasteiger partial charge in [0.05, 0.1) is 0 Å². The molecule has 14 heteroatoms. The number of aryl methyl sites for hydroxylation is 2. The molecule has 2 rings (SSSR count). The van der Waals surface area contributed by atoms with Crippen LogP contribution < -0.4 is 0 Å². The maximum absolute atomic E-state index is 12.6. The van der Waals surface area contributed by atoms with Crippen LogP contribution in [0.1, 0.15) is 0 Å². The first-order chi connectivity index (χ1) is 10.5. The highest BCUT2D eigenvalue weighted by atomic mass is 32.2. The van der Waals surface area contributed by atoms with Crippen molar-refractivity contribution in [3.8, 4) is 0 Å². The van der Waals surface area contributed by atoms with E-state index in [2.05, 4.69) is 31.1 Å². The molecule has 0 saturated carbocycles. The van der Waals surface area contributed by atoms with Gasteiger partial charge in [0.25, 0.3) is 0 Å². The predicted molar refractivity (Wildman–Crippen MR) is 79.0 cm³/mol. The van der Waals surface area contributed by atoms with Gasteiger partial charge < -0.3 is 9.05 Å². The summed E-state index contributed by atoms with van der Waals surface area (Å²) >= 11 is 2.26. The van der Waals surface area contributed by atoms with Crippen LogP contribution >= 0.6 is 31.1 Å². The SMILES string of the molecule is COP(=O)(OC)/C(=C/Sc1nnnn1C)Sc1nnnn1C. The minimum atomic E-state index is -3.47. The zero-order valence-electron chi connectivity index (χ0n) is 12.1. The highest BCUT2D eigenvalue weighted by Crippen LogP contribution is 2.61. The van der Waals surface area contributed by atoms with E-state index in [0.717, 1.165) is 11.8 Å². The quantitative estimate of drug-likeness (QED) is 0.514. The fraction of sp³-hybridized carbons (Fsp3) is 0.500. The largest absolute Gasteiger partial charge is 0.368 e. The van der Waals surface area contributed by atoms with E-state index >= 15 is 0 Å². The Kier molecular flexibility index (Phi) is 5.69. The second kappa shape index (κ2) is 7.33. The molecule has 0 aliphatic rings. The van der Waals surface area contributed by atoms with E-state index in [-0.39, 0.29) is 0 Å². The number of hydrogen-bond donors (Lipinski definition) is 0. The smallest absolute Gasteiger partial charge is 0.308 e. The monoisotopic (exact) mass is 364 g/mol. The third-order valence-electron chi connectivity index (χ3n) is 2.37. The minimum Gasteiger partial charge on any atom is -0.308 e. The van der Waals surface area contributed by atoms with Crippen molar-refractivity contribution < 1.29 is 13.6 Å². The van der Waals surface area contributed by atoms with Gasteiger partial charge >= 0.3 is 7.60 Å². The molecule has 0 fully saturated rings. The first-order valence-corrected chi connectivity index (χ1v) is 8.95. The van der Waals surface area contributed by atoms with Crippen molar-refractivity contribution in [3.05, 3.63) is 10.1 Å². The Morgan fingerprint density at radius 1 is 1.09 bits per heavy atom. The van der Waals surface area contributed by atoms with Crippen LogP contribution in [0, 0.1) is 0 Å². The van der Waals surface area contributed by atoms with Crippen molar-refractivity contribution in [2.75, 3.05) is 14.2 Å². The molecule has 0 unspecified atom stereocenters. The van der Waals surface area contributed by atoms with Crippen LogP contribution in [0.3, 0.4) is 0 Å². The average molecular weight is 364 g/mol. The fourth-order valence-corrected chi connectivity index (χ4v) is 4.80. The maximum atomic E-state index is 12.6. The van der Waals surface area contributed by atoms with E-state index in [0.29, 0.717) is 15.0 Å². The van der Waals surface area contributed by atoms with Crippen LogP contribution in [0.2, 0.25) is 0 Å². The van der Waals surface area contributed by atoms with Crippen LogP contribution in [0.4, 0.5) is 0 Å². The Hall–Kier alpha value is -1.27. The molecule has 2 aromatic heterocycles. The molecule has 0 radical (unpaired) electrons. The van der Waals surface area contributed by atoms with Gasteiger partial charge in [-0.2, -0.15) is 0 Å². The summed E-state index contributed by atoms with van der Waals surface area (Å²) in [5, 5.41) is 24.7. The summed E-state index contributed by atoms with van der Waals surface area (Å²) in [6, 6.07) is 0. The molecular formula is C8H13N8O3PS2. The lowest BCUT2D eigenvalue weighted by Crippen LogP contribution is -1.96. The molecule has 0 aromatic carbocycles. The van der Waals surface area contributed by atoms with Crippen molar-refractivity contribution in [2.24, 2.45) is 14.1 Å². The Morgan fingerprint density at radius 3 is 2.09 bits per heavy atom. The number of aromatic nitrogens is 8. The molecule has 120 valence electrons. The number of tetrazole rings is 2. The molecule has 0 atom stereocenters. The van der Waals surface area contributed by atoms with Gasteiger partial charge in [0.1, 0.15) is 4.65 Å². The summed E-state index contributed by atoms with van der Waals surface area (Å²) in [6.07, 6.45) is 0. The first-order valence-electron chi connectivity index (χ1n) is 5.71. The molecule has 0 bridgehead atoms. The van der Waals surface area contributed by atoms with E-state index in [1.807, 2.05) is 0 Å². The number of rotatable bonds is 7. The van der Waals surface area contributed by atoms with Crippen molar-refractivity contribution in [1.82, 2.24) is 40.4 Å². The third kappa shape index (κ3) is 3.73. The van der Waals surface area contributed by atoms with Crippen LogP contribution in [-0.4, -0.2) is 54.6 Å². The van der Waals surface area contributed by atoms with Crippen molar-refractivity contribution in [1.29, 1.82) is 0 Å². The van der Waals surface area contributed by atoms with Gasteiger partial charge in [-0.05, 0) is 32.6 Å². The molecule has 0 amide bonds. The normalized spacial score (nSPS) is 12.8. The van der Waals surface area contributed by atoms with Crippen molar-refractivity contribution in [2.45, 2.75) is 10.3 Å². The third-order valence-corrected chi connectivity index (χ3v) is 7.04. The number of thioether (sulfide) groups is 2. The predicted octanol–water partition coefficient (Wildman–Crippen LogP) is 0.903. The Labute approximate surface area is 134 Å². The average Bonchev–Trinajstić information content (AvgIpc) is 3.11. The second-order valence-corrected chi connectivity index (χ2v) is 8.06. The molecule has 2 aromatic rings. The van der Waals surface area contributed by atoms with Gasteiger partial charge in [0, 0.05) is 33.7 Å². The van der Waals surface area contributed by atoms with Crippen molar-refractivity contribution in [3.63, 3.8) is 0 Å². The highest BCUT2D eigenvalue weighted by molar-refractivity contribution is 8.11. The van der Waals surface area contributed by atoms with Gasteiger partial charge in [0.2, 0.25) is 10.3 Å². The van der Waals surface area contributed by atoms with Gasteiger partial charge in [-0.3, -0.25) is 4.57 Å². The maximum Gasteiger partial charge on any atom is 0.368 e. The molecule has 0 N–H and O–H groups in total. The molecule has 0 saturated heterocycles. The summed E-state index contributed by atoms with van der Waals surface area (Å²) < 4.78 is 26.0. The summed E-state index contributed by atoms with van der Waals surface area (Å²) in [4.78, 5) is 0. The molecule has 11 nitrogen and oxygen atoms in total. The Morgan fingerprint density at radius 2 is 1.64 bits per heavy atom. The fourth-order valence-electron chi connectivity index (χ4n) is 1.22. The first kappa shape index (κ1) is 17.1. The lowest BCUT2D eigenvalue weighted by Gasteiger charge is -2.15. The van der Waals surface area contributed by atoms with Crippen LogP contribution in [0.15, 0.2) is 20.4 Å².